The number of nitro groups is 1. The van der Waals surface area contributed by atoms with Gasteiger partial charge in [-0.2, -0.15) is 5.26 Å². The number of hydrogen-bond donors (Lipinski definition) is 2. The van der Waals surface area contributed by atoms with Crippen LogP contribution in [0.25, 0.3) is 6.08 Å². The second-order valence-electron chi connectivity index (χ2n) is 3.28. The minimum absolute atomic E-state index is 0.127. The summed E-state index contributed by atoms with van der Waals surface area (Å²) in [6.45, 7) is 0.442. The number of nitro benzene ring substituents is 1. The van der Waals surface area contributed by atoms with Crippen molar-refractivity contribution in [2.75, 3.05) is 6.54 Å². The summed E-state index contributed by atoms with van der Waals surface area (Å²) >= 11 is 0. The van der Waals surface area contributed by atoms with Gasteiger partial charge in [-0.1, -0.05) is 12.2 Å². The monoisotopic (exact) mass is 233 g/mol. The van der Waals surface area contributed by atoms with Crippen LogP contribution in [0.5, 0.6) is 5.75 Å². The van der Waals surface area contributed by atoms with Gasteiger partial charge in [0.1, 0.15) is 0 Å². The molecule has 0 aliphatic heterocycles. The Hall–Kier alpha value is -2.39. The van der Waals surface area contributed by atoms with E-state index < -0.39 is 16.4 Å². The maximum Gasteiger partial charge on any atom is 0.312 e. The normalized spacial score (nSPS) is 10.4. The van der Waals surface area contributed by atoms with E-state index in [2.05, 4.69) is 0 Å². The van der Waals surface area contributed by atoms with E-state index >= 15 is 0 Å². The molecule has 0 unspecified atom stereocenters. The lowest BCUT2D eigenvalue weighted by atomic mass is 10.1. The van der Waals surface area contributed by atoms with Crippen molar-refractivity contribution in [3.8, 4) is 11.8 Å². The van der Waals surface area contributed by atoms with Gasteiger partial charge >= 0.3 is 5.69 Å². The van der Waals surface area contributed by atoms with Crippen molar-refractivity contribution in [3.05, 3.63) is 39.4 Å². The van der Waals surface area contributed by atoms with Crippen LogP contribution in [-0.4, -0.2) is 16.6 Å². The third-order valence-electron chi connectivity index (χ3n) is 2.08. The maximum absolute atomic E-state index is 10.7. The van der Waals surface area contributed by atoms with Gasteiger partial charge in [0.15, 0.2) is 0 Å². The van der Waals surface area contributed by atoms with Crippen LogP contribution >= 0.6 is 0 Å². The van der Waals surface area contributed by atoms with E-state index in [1.807, 2.05) is 0 Å². The minimum Gasteiger partial charge on any atom is -0.502 e. The van der Waals surface area contributed by atoms with Crippen molar-refractivity contribution in [2.24, 2.45) is 5.73 Å². The number of nitrogens with zero attached hydrogens (tertiary/aromatic N) is 2. The Kier molecular flexibility index (Phi) is 4.20. The molecule has 3 N–H and O–H groups in total. The van der Waals surface area contributed by atoms with E-state index in [9.17, 15) is 15.2 Å². The van der Waals surface area contributed by atoms with Gasteiger partial charge in [0.2, 0.25) is 5.75 Å². The zero-order valence-corrected chi connectivity index (χ0v) is 8.96. The molecule has 6 nitrogen and oxygen atoms in total. The van der Waals surface area contributed by atoms with Crippen LogP contribution < -0.4 is 5.73 Å². The van der Waals surface area contributed by atoms with Gasteiger partial charge < -0.3 is 10.8 Å². The highest BCUT2D eigenvalue weighted by Crippen LogP contribution is 2.32. The molecule has 88 valence electrons. The number of rotatable bonds is 4. The summed E-state index contributed by atoms with van der Waals surface area (Å²) in [6, 6.07) is 4.23. The van der Waals surface area contributed by atoms with Crippen molar-refractivity contribution in [2.45, 2.75) is 6.42 Å². The Morgan fingerprint density at radius 2 is 2.29 bits per heavy atom. The Bertz CT molecular complexity index is 503. The SMILES string of the molecule is N#Cc1cc(C=CCCN)c(O)c([N+](=O)[O-])c1. The van der Waals surface area contributed by atoms with E-state index in [1.54, 1.807) is 12.1 Å². The molecule has 0 fully saturated rings. The minimum atomic E-state index is -0.726. The van der Waals surface area contributed by atoms with E-state index in [4.69, 9.17) is 11.0 Å². The smallest absolute Gasteiger partial charge is 0.312 e. The van der Waals surface area contributed by atoms with Gasteiger partial charge in [0.25, 0.3) is 0 Å². The molecule has 0 aliphatic rings. The molecule has 0 atom stereocenters. The summed E-state index contributed by atoms with van der Waals surface area (Å²) in [6.07, 6.45) is 3.78. The van der Waals surface area contributed by atoms with Gasteiger partial charge in [-0.3, -0.25) is 10.1 Å². The second kappa shape index (κ2) is 5.63. The lowest BCUT2D eigenvalue weighted by molar-refractivity contribution is -0.385. The number of nitrogens with two attached hydrogens (primary N) is 1. The third-order valence-corrected chi connectivity index (χ3v) is 2.08. The van der Waals surface area contributed by atoms with Crippen molar-refractivity contribution < 1.29 is 10.0 Å². The molecule has 1 aromatic rings. The molecule has 17 heavy (non-hydrogen) atoms. The van der Waals surface area contributed by atoms with Crippen LogP contribution in [0.4, 0.5) is 5.69 Å². The van der Waals surface area contributed by atoms with Gasteiger partial charge in [-0.25, -0.2) is 0 Å². The zero-order valence-electron chi connectivity index (χ0n) is 8.96. The molecule has 0 heterocycles. The Balaban J connectivity index is 3.25. The molecule has 0 saturated heterocycles. The van der Waals surface area contributed by atoms with Crippen LogP contribution in [0, 0.1) is 21.4 Å². The van der Waals surface area contributed by atoms with Gasteiger partial charge in [-0.05, 0) is 19.0 Å². The fourth-order valence-electron chi connectivity index (χ4n) is 1.28. The van der Waals surface area contributed by atoms with Crippen LogP contribution in [-0.2, 0) is 0 Å². The molecule has 0 bridgehead atoms. The molecule has 0 spiro atoms. The highest BCUT2D eigenvalue weighted by Gasteiger charge is 2.17. The summed E-state index contributed by atoms with van der Waals surface area (Å²) in [5, 5.41) is 29.0. The topological polar surface area (TPSA) is 113 Å². The van der Waals surface area contributed by atoms with Crippen LogP contribution in [0.1, 0.15) is 17.5 Å². The average molecular weight is 233 g/mol. The molecule has 0 aliphatic carbocycles. The summed E-state index contributed by atoms with van der Waals surface area (Å²) in [5.41, 5.74) is 5.18. The number of aromatic hydroxyl groups is 1. The fourth-order valence-corrected chi connectivity index (χ4v) is 1.28. The standard InChI is InChI=1S/C11H11N3O3/c12-4-2-1-3-9-5-8(7-13)6-10(11(9)15)14(16)17/h1,3,5-6,15H,2,4,12H2. The molecule has 0 amide bonds. The molecule has 0 radical (unpaired) electrons. The van der Waals surface area contributed by atoms with Crippen LogP contribution in [0.2, 0.25) is 0 Å². The summed E-state index contributed by atoms with van der Waals surface area (Å²) in [7, 11) is 0. The molecule has 1 rings (SSSR count). The average Bonchev–Trinajstić information content (AvgIpc) is 2.31. The quantitative estimate of drug-likeness (QED) is 0.604. The zero-order chi connectivity index (χ0) is 12.8. The van der Waals surface area contributed by atoms with Crippen molar-refractivity contribution in [1.29, 1.82) is 5.26 Å². The lowest BCUT2D eigenvalue weighted by Gasteiger charge is -2.01. The van der Waals surface area contributed by atoms with Crippen LogP contribution in [0.3, 0.4) is 0 Å². The highest BCUT2D eigenvalue weighted by molar-refractivity contribution is 5.67. The predicted molar refractivity (Wildman–Crippen MR) is 62.2 cm³/mol. The first-order valence-corrected chi connectivity index (χ1v) is 4.88. The third kappa shape index (κ3) is 3.03. The highest BCUT2D eigenvalue weighted by atomic mass is 16.6. The Morgan fingerprint density at radius 1 is 1.59 bits per heavy atom. The van der Waals surface area contributed by atoms with Gasteiger partial charge in [0, 0.05) is 11.6 Å². The van der Waals surface area contributed by atoms with E-state index in [0.717, 1.165) is 6.07 Å². The van der Waals surface area contributed by atoms with Gasteiger partial charge in [0.05, 0.1) is 16.6 Å². The molecular weight excluding hydrogens is 222 g/mol. The number of nitriles is 1. The van der Waals surface area contributed by atoms with Crippen molar-refractivity contribution in [3.63, 3.8) is 0 Å². The van der Waals surface area contributed by atoms with Gasteiger partial charge in [-0.15, -0.1) is 0 Å². The summed E-state index contributed by atoms with van der Waals surface area (Å²) in [5.74, 6) is -0.442. The number of hydrogen-bond acceptors (Lipinski definition) is 5. The fraction of sp³-hybridized carbons (Fsp3) is 0.182. The first-order valence-electron chi connectivity index (χ1n) is 4.88. The van der Waals surface area contributed by atoms with E-state index in [1.165, 1.54) is 12.1 Å². The first-order chi connectivity index (χ1) is 8.10. The van der Waals surface area contributed by atoms with Crippen LogP contribution in [0.15, 0.2) is 18.2 Å². The number of phenolic OH excluding ortho intramolecular Hbond substituents is 1. The number of benzene rings is 1. The number of phenols is 1. The van der Waals surface area contributed by atoms with Crippen molar-refractivity contribution >= 4 is 11.8 Å². The Labute approximate surface area is 97.7 Å². The van der Waals surface area contributed by atoms with E-state index in [-0.39, 0.29) is 11.1 Å². The predicted octanol–water partition coefficient (Wildman–Crippen LogP) is 1.53. The maximum atomic E-state index is 10.7. The van der Waals surface area contributed by atoms with E-state index in [0.29, 0.717) is 13.0 Å². The molecule has 0 aromatic heterocycles. The largest absolute Gasteiger partial charge is 0.502 e. The molecule has 1 aromatic carbocycles. The molecule has 0 saturated carbocycles. The first kappa shape index (κ1) is 12.7. The second-order valence-corrected chi connectivity index (χ2v) is 3.28. The Morgan fingerprint density at radius 3 is 2.82 bits per heavy atom. The van der Waals surface area contributed by atoms with Crippen molar-refractivity contribution in [1.82, 2.24) is 0 Å². The summed E-state index contributed by atoms with van der Waals surface area (Å²) < 4.78 is 0. The molecule has 6 heteroatoms. The lowest BCUT2D eigenvalue weighted by Crippen LogP contribution is -1.95. The summed E-state index contributed by atoms with van der Waals surface area (Å²) in [4.78, 5) is 9.94. The molecular formula is C11H11N3O3.